The van der Waals surface area contributed by atoms with E-state index in [-0.39, 0.29) is 11.9 Å². The largest absolute Gasteiger partial charge is 0.368 e. The van der Waals surface area contributed by atoms with Crippen molar-refractivity contribution in [2.45, 2.75) is 31.8 Å². The van der Waals surface area contributed by atoms with E-state index >= 15 is 0 Å². The van der Waals surface area contributed by atoms with Gasteiger partial charge in [-0.3, -0.25) is 14.7 Å². The summed E-state index contributed by atoms with van der Waals surface area (Å²) >= 11 is 0. The van der Waals surface area contributed by atoms with E-state index in [1.807, 2.05) is 0 Å². The maximum Gasteiger partial charge on any atom is 0.234 e. The summed E-state index contributed by atoms with van der Waals surface area (Å²) in [6, 6.07) is -0.187. The number of nitrogen functional groups attached to an aromatic ring is 1. The van der Waals surface area contributed by atoms with E-state index < -0.39 is 0 Å². The average molecular weight is 250 g/mol. The second-order valence-electron chi connectivity index (χ2n) is 4.42. The second kappa shape index (κ2) is 5.74. The number of carbonyl (C=O) groups is 1. The summed E-state index contributed by atoms with van der Waals surface area (Å²) in [6.07, 6.45) is 6.18. The fourth-order valence-electron chi connectivity index (χ4n) is 2.22. The first-order valence-corrected chi connectivity index (χ1v) is 6.01. The predicted octanol–water partition coefficient (Wildman–Crippen LogP) is -0.398. The molecule has 1 amide bonds. The Morgan fingerprint density at radius 3 is 2.89 bits per heavy atom. The van der Waals surface area contributed by atoms with Crippen LogP contribution in [0.15, 0.2) is 12.4 Å². The van der Waals surface area contributed by atoms with Gasteiger partial charge in [0, 0.05) is 6.54 Å². The van der Waals surface area contributed by atoms with E-state index in [1.54, 1.807) is 12.4 Å². The quantitative estimate of drug-likeness (QED) is 0.495. The highest BCUT2D eigenvalue weighted by molar-refractivity contribution is 5.79. The van der Waals surface area contributed by atoms with Crippen molar-refractivity contribution in [3.05, 3.63) is 18.1 Å². The van der Waals surface area contributed by atoms with Gasteiger partial charge in [-0.15, -0.1) is 0 Å². The van der Waals surface area contributed by atoms with Gasteiger partial charge in [-0.05, 0) is 19.4 Å². The monoisotopic (exact) mass is 250 g/mol. The molecule has 1 aromatic heterocycles. The summed E-state index contributed by atoms with van der Waals surface area (Å²) in [5.74, 6) is 5.48. The Morgan fingerprint density at radius 1 is 1.44 bits per heavy atom. The van der Waals surface area contributed by atoms with Crippen LogP contribution in [0.25, 0.3) is 0 Å². The van der Waals surface area contributed by atoms with Crippen molar-refractivity contribution in [3.8, 4) is 0 Å². The predicted molar refractivity (Wildman–Crippen MR) is 67.1 cm³/mol. The zero-order valence-electron chi connectivity index (χ0n) is 10.2. The maximum absolute atomic E-state index is 11.4. The molecule has 1 aromatic rings. The highest BCUT2D eigenvalue weighted by Gasteiger charge is 2.26. The zero-order valence-corrected chi connectivity index (χ0v) is 10.2. The van der Waals surface area contributed by atoms with E-state index in [4.69, 9.17) is 11.6 Å². The minimum Gasteiger partial charge on any atom is -0.368 e. The molecule has 1 saturated heterocycles. The van der Waals surface area contributed by atoms with Crippen LogP contribution in [0.2, 0.25) is 0 Å². The first-order chi connectivity index (χ1) is 8.70. The first kappa shape index (κ1) is 12.7. The topological polar surface area (TPSA) is 110 Å². The van der Waals surface area contributed by atoms with Crippen molar-refractivity contribution < 1.29 is 4.79 Å². The van der Waals surface area contributed by atoms with Crippen molar-refractivity contribution in [1.82, 2.24) is 14.9 Å². The van der Waals surface area contributed by atoms with Crippen LogP contribution in [0.5, 0.6) is 0 Å². The van der Waals surface area contributed by atoms with Crippen LogP contribution in [0.4, 0.5) is 5.82 Å². The summed E-state index contributed by atoms with van der Waals surface area (Å²) in [4.78, 5) is 21.8. The lowest BCUT2D eigenvalue weighted by molar-refractivity contribution is -0.124. The van der Waals surface area contributed by atoms with Gasteiger partial charge in [-0.1, -0.05) is 6.42 Å². The van der Waals surface area contributed by atoms with Gasteiger partial charge in [-0.25, -0.2) is 10.8 Å². The minimum atomic E-state index is -0.261. The van der Waals surface area contributed by atoms with Gasteiger partial charge in [0.1, 0.15) is 0 Å². The van der Waals surface area contributed by atoms with Crippen LogP contribution in [0.1, 0.15) is 25.0 Å². The SMILES string of the molecule is NNc1cnc(CN2CCCCC2C(N)=O)cn1. The van der Waals surface area contributed by atoms with Gasteiger partial charge in [-0.2, -0.15) is 0 Å². The van der Waals surface area contributed by atoms with Crippen molar-refractivity contribution in [3.63, 3.8) is 0 Å². The van der Waals surface area contributed by atoms with Gasteiger partial charge in [0.25, 0.3) is 0 Å². The second-order valence-corrected chi connectivity index (χ2v) is 4.42. The number of nitrogens with zero attached hydrogens (tertiary/aromatic N) is 3. The number of anilines is 1. The van der Waals surface area contributed by atoms with E-state index in [0.717, 1.165) is 31.5 Å². The fraction of sp³-hybridized carbons (Fsp3) is 0.545. The third-order valence-corrected chi connectivity index (χ3v) is 3.16. The molecule has 1 aliphatic heterocycles. The molecule has 1 aliphatic rings. The number of piperidine rings is 1. The molecule has 2 rings (SSSR count). The molecular weight excluding hydrogens is 232 g/mol. The minimum absolute atomic E-state index is 0.187. The zero-order chi connectivity index (χ0) is 13.0. The number of likely N-dealkylation sites (tertiary alicyclic amines) is 1. The third kappa shape index (κ3) is 2.93. The number of hydrazine groups is 1. The Hall–Kier alpha value is -1.73. The molecule has 18 heavy (non-hydrogen) atoms. The van der Waals surface area contributed by atoms with Gasteiger partial charge in [0.05, 0.1) is 24.1 Å². The van der Waals surface area contributed by atoms with Crippen molar-refractivity contribution in [2.24, 2.45) is 11.6 Å². The summed E-state index contributed by atoms with van der Waals surface area (Å²) < 4.78 is 0. The van der Waals surface area contributed by atoms with E-state index in [0.29, 0.717) is 12.4 Å². The molecule has 0 saturated carbocycles. The fourth-order valence-corrected chi connectivity index (χ4v) is 2.22. The van der Waals surface area contributed by atoms with E-state index in [1.165, 1.54) is 0 Å². The number of rotatable bonds is 4. The number of nitrogens with two attached hydrogens (primary N) is 2. The van der Waals surface area contributed by atoms with Crippen LogP contribution in [-0.2, 0) is 11.3 Å². The lowest BCUT2D eigenvalue weighted by atomic mass is 10.0. The van der Waals surface area contributed by atoms with Gasteiger partial charge < -0.3 is 11.2 Å². The molecule has 98 valence electrons. The third-order valence-electron chi connectivity index (χ3n) is 3.16. The Balaban J connectivity index is 2.03. The molecule has 2 heterocycles. The molecule has 0 aromatic carbocycles. The number of aromatic nitrogens is 2. The van der Waals surface area contributed by atoms with Crippen molar-refractivity contribution >= 4 is 11.7 Å². The van der Waals surface area contributed by atoms with Crippen molar-refractivity contribution in [2.75, 3.05) is 12.0 Å². The number of nitrogens with one attached hydrogen (secondary N) is 1. The Kier molecular flexibility index (Phi) is 4.06. The molecule has 1 unspecified atom stereocenters. The highest BCUT2D eigenvalue weighted by Crippen LogP contribution is 2.18. The van der Waals surface area contributed by atoms with E-state index in [2.05, 4.69) is 20.3 Å². The molecule has 0 spiro atoms. The number of hydrogen-bond donors (Lipinski definition) is 3. The molecule has 0 bridgehead atoms. The summed E-state index contributed by atoms with van der Waals surface area (Å²) in [5, 5.41) is 0. The number of hydrogen-bond acceptors (Lipinski definition) is 6. The molecule has 7 nitrogen and oxygen atoms in total. The number of amides is 1. The molecule has 5 N–H and O–H groups in total. The number of primary amides is 1. The molecular formula is C11H18N6O. The maximum atomic E-state index is 11.4. The summed E-state index contributed by atoms with van der Waals surface area (Å²) in [6.45, 7) is 1.46. The lowest BCUT2D eigenvalue weighted by Crippen LogP contribution is -2.47. The molecule has 1 atom stereocenters. The van der Waals surface area contributed by atoms with Gasteiger partial charge >= 0.3 is 0 Å². The van der Waals surface area contributed by atoms with Crippen LogP contribution < -0.4 is 17.0 Å². The molecule has 1 fully saturated rings. The number of carbonyl (C=O) groups excluding carboxylic acids is 1. The Labute approximate surface area is 106 Å². The molecule has 7 heteroatoms. The van der Waals surface area contributed by atoms with Crippen LogP contribution >= 0.6 is 0 Å². The molecule has 0 aliphatic carbocycles. The normalized spacial score (nSPS) is 20.6. The van der Waals surface area contributed by atoms with Crippen LogP contribution in [-0.4, -0.2) is 33.4 Å². The highest BCUT2D eigenvalue weighted by atomic mass is 16.1. The summed E-state index contributed by atoms with van der Waals surface area (Å²) in [7, 11) is 0. The first-order valence-electron chi connectivity index (χ1n) is 6.01. The van der Waals surface area contributed by atoms with Crippen molar-refractivity contribution in [1.29, 1.82) is 0 Å². The van der Waals surface area contributed by atoms with Gasteiger partial charge in [0.15, 0.2) is 5.82 Å². The van der Waals surface area contributed by atoms with E-state index in [9.17, 15) is 4.79 Å². The van der Waals surface area contributed by atoms with Gasteiger partial charge in [0.2, 0.25) is 5.91 Å². The Morgan fingerprint density at radius 2 is 2.28 bits per heavy atom. The standard InChI is InChI=1S/C11H18N6O/c12-11(18)9-3-1-2-4-17(9)7-8-5-15-10(16-13)6-14-8/h5-6,9H,1-4,7,13H2,(H2,12,18)(H,15,16). The summed E-state index contributed by atoms with van der Waals surface area (Å²) in [5.41, 5.74) is 8.64. The van der Waals surface area contributed by atoms with Crippen LogP contribution in [0.3, 0.4) is 0 Å². The Bertz CT molecular complexity index is 406. The average Bonchev–Trinajstić information content (AvgIpc) is 2.40. The smallest absolute Gasteiger partial charge is 0.234 e. The van der Waals surface area contributed by atoms with Crippen LogP contribution in [0, 0.1) is 0 Å². The lowest BCUT2D eigenvalue weighted by Gasteiger charge is -2.33. The molecule has 0 radical (unpaired) electrons.